The number of hydrogen-bond acceptors (Lipinski definition) is 5. The van der Waals surface area contributed by atoms with E-state index in [0.717, 1.165) is 5.56 Å². The Bertz CT molecular complexity index is 874. The molecular weight excluding hydrogens is 366 g/mol. The van der Waals surface area contributed by atoms with Crippen molar-refractivity contribution in [2.45, 2.75) is 37.8 Å². The summed E-state index contributed by atoms with van der Waals surface area (Å²) in [6.45, 7) is 3.88. The van der Waals surface area contributed by atoms with Gasteiger partial charge in [-0.05, 0) is 18.9 Å². The van der Waals surface area contributed by atoms with Gasteiger partial charge in [0.25, 0.3) is 11.5 Å². The molecule has 2 aromatic rings. The lowest BCUT2D eigenvalue weighted by molar-refractivity contribution is -0.00690. The highest BCUT2D eigenvalue weighted by Gasteiger charge is 2.49. The van der Waals surface area contributed by atoms with Gasteiger partial charge in [-0.1, -0.05) is 30.3 Å². The number of anilines is 2. The van der Waals surface area contributed by atoms with Crippen molar-refractivity contribution in [2.24, 2.45) is 0 Å². The summed E-state index contributed by atoms with van der Waals surface area (Å²) in [5.41, 5.74) is 0.493. The van der Waals surface area contributed by atoms with Crippen LogP contribution in [0.25, 0.3) is 0 Å². The zero-order valence-electron chi connectivity index (χ0n) is 15.8. The monoisotopic (exact) mass is 390 g/mol. The predicted octanol–water partition coefficient (Wildman–Crippen LogP) is 2.45. The number of alkyl halides is 2. The second kappa shape index (κ2) is 7.50. The van der Waals surface area contributed by atoms with Gasteiger partial charge in [0, 0.05) is 32.1 Å². The number of morpholine rings is 1. The zero-order valence-corrected chi connectivity index (χ0v) is 15.8. The Labute approximate surface area is 162 Å². The zero-order chi connectivity index (χ0) is 19.7. The second-order valence-electron chi connectivity index (χ2n) is 7.46. The Balaban J connectivity index is 1.64. The molecule has 2 atom stereocenters. The van der Waals surface area contributed by atoms with Crippen LogP contribution in [0.5, 0.6) is 0 Å². The van der Waals surface area contributed by atoms with Gasteiger partial charge >= 0.3 is 0 Å². The number of aromatic nitrogens is 2. The maximum absolute atomic E-state index is 14.6. The first-order valence-corrected chi connectivity index (χ1v) is 9.59. The van der Waals surface area contributed by atoms with E-state index >= 15 is 0 Å². The molecule has 0 spiro atoms. The standard InChI is InChI=1S/C20H24F2N4O2/c1-14-13-25(9-10-28-14)17-12-18(27)24-19(23-17)26-8-7-20(21,22)16(26)11-15-5-3-2-4-6-15/h2-6,12,14,16H,7-11,13H2,1H3,(H,23,24,27)/t14-,16+/m1/s1. The van der Waals surface area contributed by atoms with Crippen LogP contribution in [-0.4, -0.2) is 54.3 Å². The largest absolute Gasteiger partial charge is 0.375 e. The highest BCUT2D eigenvalue weighted by atomic mass is 19.3. The van der Waals surface area contributed by atoms with Crippen LogP contribution < -0.4 is 15.4 Å². The van der Waals surface area contributed by atoms with Crippen LogP contribution >= 0.6 is 0 Å². The fourth-order valence-corrected chi connectivity index (χ4v) is 3.93. The molecular formula is C20H24F2N4O2. The van der Waals surface area contributed by atoms with Crippen molar-refractivity contribution in [2.75, 3.05) is 36.0 Å². The highest BCUT2D eigenvalue weighted by molar-refractivity contribution is 5.46. The third kappa shape index (κ3) is 3.87. The number of halogens is 2. The number of ether oxygens (including phenoxy) is 1. The van der Waals surface area contributed by atoms with E-state index in [2.05, 4.69) is 9.97 Å². The molecule has 4 rings (SSSR count). The summed E-state index contributed by atoms with van der Waals surface area (Å²) in [5.74, 6) is -2.14. The fourth-order valence-electron chi connectivity index (χ4n) is 3.93. The van der Waals surface area contributed by atoms with Crippen molar-refractivity contribution in [1.29, 1.82) is 0 Å². The second-order valence-corrected chi connectivity index (χ2v) is 7.46. The van der Waals surface area contributed by atoms with Crippen LogP contribution in [0.1, 0.15) is 18.9 Å². The number of benzene rings is 1. The maximum atomic E-state index is 14.6. The summed E-state index contributed by atoms with van der Waals surface area (Å²) in [5, 5.41) is 0. The molecule has 0 radical (unpaired) electrons. The molecule has 0 amide bonds. The van der Waals surface area contributed by atoms with Gasteiger partial charge in [0.15, 0.2) is 0 Å². The Morgan fingerprint density at radius 2 is 2.07 bits per heavy atom. The van der Waals surface area contributed by atoms with Gasteiger partial charge in [0.2, 0.25) is 5.95 Å². The Hall–Kier alpha value is -2.48. The van der Waals surface area contributed by atoms with E-state index in [4.69, 9.17) is 4.74 Å². The van der Waals surface area contributed by atoms with Crippen LogP contribution in [0.3, 0.4) is 0 Å². The van der Waals surface area contributed by atoms with Gasteiger partial charge in [-0.25, -0.2) is 8.78 Å². The van der Waals surface area contributed by atoms with Gasteiger partial charge < -0.3 is 14.5 Å². The van der Waals surface area contributed by atoms with Gasteiger partial charge in [-0.2, -0.15) is 4.98 Å². The lowest BCUT2D eigenvalue weighted by Crippen LogP contribution is -2.44. The Morgan fingerprint density at radius 3 is 2.82 bits per heavy atom. The molecule has 2 saturated heterocycles. The lowest BCUT2D eigenvalue weighted by Gasteiger charge is -2.33. The molecule has 2 fully saturated rings. The van der Waals surface area contributed by atoms with Crippen molar-refractivity contribution in [1.82, 2.24) is 9.97 Å². The first-order chi connectivity index (χ1) is 13.4. The molecule has 1 aromatic heterocycles. The summed E-state index contributed by atoms with van der Waals surface area (Å²) in [4.78, 5) is 23.0. The topological polar surface area (TPSA) is 61.5 Å². The first kappa shape index (κ1) is 18.9. The molecule has 0 aliphatic carbocycles. The van der Waals surface area contributed by atoms with Crippen LogP contribution in [0, 0.1) is 0 Å². The Kier molecular flexibility index (Phi) is 5.05. The summed E-state index contributed by atoms with van der Waals surface area (Å²) in [6.07, 6.45) is -0.0381. The van der Waals surface area contributed by atoms with Crippen molar-refractivity contribution >= 4 is 11.8 Å². The van der Waals surface area contributed by atoms with E-state index in [1.165, 1.54) is 6.07 Å². The first-order valence-electron chi connectivity index (χ1n) is 9.59. The predicted molar refractivity (Wildman–Crippen MR) is 103 cm³/mol. The van der Waals surface area contributed by atoms with E-state index in [-0.39, 0.29) is 37.0 Å². The lowest BCUT2D eigenvalue weighted by atomic mass is 10.0. The van der Waals surface area contributed by atoms with Crippen LogP contribution in [-0.2, 0) is 11.2 Å². The smallest absolute Gasteiger partial charge is 0.270 e. The average molecular weight is 390 g/mol. The molecule has 1 N–H and O–H groups in total. The van der Waals surface area contributed by atoms with E-state index < -0.39 is 12.0 Å². The number of aromatic amines is 1. The van der Waals surface area contributed by atoms with E-state index in [1.807, 2.05) is 42.2 Å². The number of nitrogens with one attached hydrogen (secondary N) is 1. The average Bonchev–Trinajstić information content (AvgIpc) is 2.97. The quantitative estimate of drug-likeness (QED) is 0.869. The summed E-state index contributed by atoms with van der Waals surface area (Å²) in [6, 6.07) is 9.60. The van der Waals surface area contributed by atoms with Crippen molar-refractivity contribution in [3.05, 3.63) is 52.3 Å². The number of hydrogen-bond donors (Lipinski definition) is 1. The fraction of sp³-hybridized carbons (Fsp3) is 0.500. The van der Waals surface area contributed by atoms with Crippen molar-refractivity contribution in [3.63, 3.8) is 0 Å². The molecule has 6 nitrogen and oxygen atoms in total. The summed E-state index contributed by atoms with van der Waals surface area (Å²) in [7, 11) is 0. The van der Waals surface area contributed by atoms with E-state index in [1.54, 1.807) is 4.90 Å². The van der Waals surface area contributed by atoms with Crippen molar-refractivity contribution < 1.29 is 13.5 Å². The number of H-pyrrole nitrogens is 1. The minimum absolute atomic E-state index is 0.0280. The van der Waals surface area contributed by atoms with Gasteiger partial charge in [0.1, 0.15) is 5.82 Å². The Morgan fingerprint density at radius 1 is 1.29 bits per heavy atom. The van der Waals surface area contributed by atoms with Gasteiger partial charge in [-0.15, -0.1) is 0 Å². The number of rotatable bonds is 4. The third-order valence-electron chi connectivity index (χ3n) is 5.37. The number of nitrogens with zero attached hydrogens (tertiary/aromatic N) is 3. The molecule has 2 aliphatic rings. The molecule has 1 aromatic carbocycles. The van der Waals surface area contributed by atoms with Crippen LogP contribution in [0.4, 0.5) is 20.5 Å². The summed E-state index contributed by atoms with van der Waals surface area (Å²) < 4.78 is 34.8. The molecule has 3 heterocycles. The SMILES string of the molecule is C[C@@H]1CN(c2cc(=O)[nH]c(N3CCC(F)(F)[C@@H]3Cc3ccccc3)n2)CCO1. The van der Waals surface area contributed by atoms with Crippen LogP contribution in [0.15, 0.2) is 41.2 Å². The molecule has 150 valence electrons. The van der Waals surface area contributed by atoms with Crippen molar-refractivity contribution in [3.8, 4) is 0 Å². The molecule has 2 aliphatic heterocycles. The molecule has 0 unspecified atom stereocenters. The minimum atomic E-state index is -2.85. The summed E-state index contributed by atoms with van der Waals surface area (Å²) >= 11 is 0. The molecule has 0 bridgehead atoms. The van der Waals surface area contributed by atoms with Gasteiger partial charge in [-0.3, -0.25) is 9.78 Å². The van der Waals surface area contributed by atoms with Gasteiger partial charge in [0.05, 0.1) is 18.8 Å². The van der Waals surface area contributed by atoms with E-state index in [0.29, 0.717) is 25.5 Å². The maximum Gasteiger partial charge on any atom is 0.270 e. The normalized spacial score (nSPS) is 24.5. The van der Waals surface area contributed by atoms with Crippen LogP contribution in [0.2, 0.25) is 0 Å². The molecule has 8 heteroatoms. The minimum Gasteiger partial charge on any atom is -0.375 e. The molecule has 0 saturated carbocycles. The third-order valence-corrected chi connectivity index (χ3v) is 5.37. The van der Waals surface area contributed by atoms with E-state index in [9.17, 15) is 13.6 Å². The highest BCUT2D eigenvalue weighted by Crippen LogP contribution is 2.37. The molecule has 28 heavy (non-hydrogen) atoms.